The molecule has 0 saturated heterocycles. The predicted octanol–water partition coefficient (Wildman–Crippen LogP) is -0.167. The summed E-state index contributed by atoms with van der Waals surface area (Å²) in [6.07, 6.45) is 0.385. The molecule has 0 heterocycles. The molecule has 1 rings (SSSR count). The Morgan fingerprint density at radius 2 is 1.15 bits per heavy atom. The van der Waals surface area contributed by atoms with E-state index in [0.717, 1.165) is 5.56 Å². The molecule has 26 heavy (non-hydrogen) atoms. The van der Waals surface area contributed by atoms with Crippen molar-refractivity contribution in [2.45, 2.75) is 24.5 Å². The maximum atomic E-state index is 10.4. The van der Waals surface area contributed by atoms with Crippen molar-refractivity contribution < 1.29 is 29.7 Å². The quantitative estimate of drug-likeness (QED) is 0.224. The largest absolute Gasteiger partial charge is 0.480 e. The molecule has 0 aliphatic carbocycles. The molecule has 3 unspecified atom stereocenters. The molecule has 1 aromatic rings. The topological polar surface area (TPSA) is 190 Å². The SMILES string of the molecule is NC(CSSCC(N)C(=O)O)C(=O)O.NC(Cc1ccccc1)C(=O)O. The highest BCUT2D eigenvalue weighted by molar-refractivity contribution is 8.76. The summed E-state index contributed by atoms with van der Waals surface area (Å²) in [6.45, 7) is 0. The monoisotopic (exact) mass is 405 g/mol. The van der Waals surface area contributed by atoms with Crippen LogP contribution in [0.1, 0.15) is 5.56 Å². The number of hydrogen-bond acceptors (Lipinski definition) is 8. The van der Waals surface area contributed by atoms with Crippen LogP contribution in [0.5, 0.6) is 0 Å². The average molecular weight is 405 g/mol. The fourth-order valence-electron chi connectivity index (χ4n) is 1.34. The second-order valence-corrected chi connectivity index (χ2v) is 7.65. The second-order valence-electron chi connectivity index (χ2n) is 5.09. The Labute approximate surface area is 158 Å². The normalized spacial score (nSPS) is 13.7. The Balaban J connectivity index is 0.000000485. The van der Waals surface area contributed by atoms with Gasteiger partial charge in [-0.05, 0) is 12.0 Å². The molecule has 0 aromatic heterocycles. The van der Waals surface area contributed by atoms with Crippen molar-refractivity contribution in [3.8, 4) is 0 Å². The van der Waals surface area contributed by atoms with E-state index in [-0.39, 0.29) is 11.5 Å². The van der Waals surface area contributed by atoms with Crippen LogP contribution in [-0.2, 0) is 20.8 Å². The fraction of sp³-hybridized carbons (Fsp3) is 0.400. The molecule has 0 aliphatic heterocycles. The van der Waals surface area contributed by atoms with Crippen LogP contribution in [0.2, 0.25) is 0 Å². The molecule has 0 bridgehead atoms. The first-order valence-electron chi connectivity index (χ1n) is 7.38. The number of carboxylic acid groups (broad SMARTS) is 3. The van der Waals surface area contributed by atoms with E-state index in [0.29, 0.717) is 6.42 Å². The van der Waals surface area contributed by atoms with Gasteiger partial charge in [0, 0.05) is 11.5 Å². The predicted molar refractivity (Wildman–Crippen MR) is 102 cm³/mol. The summed E-state index contributed by atoms with van der Waals surface area (Å²) in [6, 6.07) is 6.70. The zero-order valence-corrected chi connectivity index (χ0v) is 15.5. The highest BCUT2D eigenvalue weighted by Crippen LogP contribution is 2.22. The summed E-state index contributed by atoms with van der Waals surface area (Å²) in [5.41, 5.74) is 16.7. The van der Waals surface area contributed by atoms with Crippen LogP contribution in [-0.4, -0.2) is 62.9 Å². The molecule has 0 amide bonds. The van der Waals surface area contributed by atoms with E-state index in [2.05, 4.69) is 0 Å². The Morgan fingerprint density at radius 1 is 0.769 bits per heavy atom. The third-order valence-electron chi connectivity index (χ3n) is 2.83. The second kappa shape index (κ2) is 13.4. The minimum absolute atomic E-state index is 0.229. The zero-order chi connectivity index (χ0) is 20.1. The van der Waals surface area contributed by atoms with Crippen LogP contribution in [0.15, 0.2) is 30.3 Å². The maximum absolute atomic E-state index is 10.4. The van der Waals surface area contributed by atoms with Crippen molar-refractivity contribution in [2.24, 2.45) is 17.2 Å². The van der Waals surface area contributed by atoms with Gasteiger partial charge in [0.25, 0.3) is 0 Å². The van der Waals surface area contributed by atoms with Gasteiger partial charge in [-0.1, -0.05) is 51.9 Å². The van der Waals surface area contributed by atoms with Gasteiger partial charge in [-0.3, -0.25) is 14.4 Å². The van der Waals surface area contributed by atoms with Crippen LogP contribution < -0.4 is 17.2 Å². The molecule has 0 spiro atoms. The number of nitrogens with two attached hydrogens (primary N) is 3. The fourth-order valence-corrected chi connectivity index (χ4v) is 3.57. The van der Waals surface area contributed by atoms with Crippen LogP contribution in [0.25, 0.3) is 0 Å². The smallest absolute Gasteiger partial charge is 0.321 e. The molecule has 0 saturated carbocycles. The first kappa shape index (κ1) is 24.2. The van der Waals surface area contributed by atoms with Gasteiger partial charge >= 0.3 is 17.9 Å². The van der Waals surface area contributed by atoms with Gasteiger partial charge in [-0.2, -0.15) is 0 Å². The Morgan fingerprint density at radius 3 is 1.50 bits per heavy atom. The Hall–Kier alpha value is -1.79. The van der Waals surface area contributed by atoms with Gasteiger partial charge in [0.1, 0.15) is 18.1 Å². The minimum atomic E-state index is -1.07. The molecular formula is C15H23N3O6S2. The van der Waals surface area contributed by atoms with Crippen molar-refractivity contribution in [2.75, 3.05) is 11.5 Å². The highest BCUT2D eigenvalue weighted by atomic mass is 33.1. The van der Waals surface area contributed by atoms with Gasteiger partial charge in [-0.15, -0.1) is 0 Å². The molecule has 0 radical (unpaired) electrons. The molecule has 1 aromatic carbocycles. The number of hydrogen-bond donors (Lipinski definition) is 6. The summed E-state index contributed by atoms with van der Waals surface area (Å²) < 4.78 is 0. The van der Waals surface area contributed by atoms with Crippen LogP contribution >= 0.6 is 21.6 Å². The lowest BCUT2D eigenvalue weighted by Gasteiger charge is -2.07. The molecule has 11 heteroatoms. The third-order valence-corrected chi connectivity index (χ3v) is 5.30. The number of rotatable bonds is 10. The van der Waals surface area contributed by atoms with Gasteiger partial charge in [-0.25, -0.2) is 0 Å². The summed E-state index contributed by atoms with van der Waals surface area (Å²) in [7, 11) is 2.41. The van der Waals surface area contributed by atoms with Gasteiger partial charge in [0.15, 0.2) is 0 Å². The molecule has 146 valence electrons. The summed E-state index contributed by atoms with van der Waals surface area (Å²) in [5.74, 6) is -2.64. The van der Waals surface area contributed by atoms with E-state index in [1.165, 1.54) is 21.6 Å². The van der Waals surface area contributed by atoms with Crippen LogP contribution in [0.4, 0.5) is 0 Å². The van der Waals surface area contributed by atoms with Crippen LogP contribution in [0.3, 0.4) is 0 Å². The van der Waals surface area contributed by atoms with Crippen molar-refractivity contribution in [1.82, 2.24) is 0 Å². The number of carboxylic acids is 3. The minimum Gasteiger partial charge on any atom is -0.480 e. The van der Waals surface area contributed by atoms with Crippen molar-refractivity contribution >= 4 is 39.5 Å². The first-order valence-corrected chi connectivity index (χ1v) is 9.87. The Kier molecular flexibility index (Phi) is 12.5. The van der Waals surface area contributed by atoms with Gasteiger partial charge in [0.2, 0.25) is 0 Å². The lowest BCUT2D eigenvalue weighted by molar-refractivity contribution is -0.139. The first-order chi connectivity index (χ1) is 12.1. The molecule has 0 aliphatic rings. The summed E-state index contributed by atoms with van der Waals surface area (Å²) >= 11 is 0. The van der Waals surface area contributed by atoms with E-state index >= 15 is 0 Å². The van der Waals surface area contributed by atoms with E-state index in [4.69, 9.17) is 32.5 Å². The van der Waals surface area contributed by atoms with E-state index in [1.807, 2.05) is 30.3 Å². The standard InChI is InChI=1S/C9H11NO2.C6H12N2O4S2/c10-8(9(11)12)6-7-4-2-1-3-5-7;7-3(5(9)10)1-13-14-2-4(8)6(11)12/h1-5,8H,6,10H2,(H,11,12);3-4H,1-2,7-8H2,(H,9,10)(H,11,12). The number of carbonyl (C=O) groups is 3. The van der Waals surface area contributed by atoms with Crippen molar-refractivity contribution in [1.29, 1.82) is 0 Å². The molecule has 0 fully saturated rings. The van der Waals surface area contributed by atoms with E-state index in [1.54, 1.807) is 0 Å². The molecule has 9 N–H and O–H groups in total. The highest BCUT2D eigenvalue weighted by Gasteiger charge is 2.14. The Bertz CT molecular complexity index is 554. The molecular weight excluding hydrogens is 382 g/mol. The summed E-state index contributed by atoms with van der Waals surface area (Å²) in [4.78, 5) is 30.9. The zero-order valence-electron chi connectivity index (χ0n) is 13.9. The molecule has 9 nitrogen and oxygen atoms in total. The van der Waals surface area contributed by atoms with E-state index in [9.17, 15) is 14.4 Å². The lowest BCUT2D eigenvalue weighted by Crippen LogP contribution is -2.33. The van der Waals surface area contributed by atoms with Crippen LogP contribution in [0, 0.1) is 0 Å². The number of benzene rings is 1. The third kappa shape index (κ3) is 11.7. The summed E-state index contributed by atoms with van der Waals surface area (Å²) in [5, 5.41) is 25.3. The lowest BCUT2D eigenvalue weighted by atomic mass is 10.1. The van der Waals surface area contributed by atoms with Crippen molar-refractivity contribution in [3.05, 3.63) is 35.9 Å². The number of aliphatic carboxylic acids is 3. The maximum Gasteiger partial charge on any atom is 0.321 e. The molecule has 3 atom stereocenters. The average Bonchev–Trinajstić information content (AvgIpc) is 2.59. The van der Waals surface area contributed by atoms with Gasteiger partial charge in [0.05, 0.1) is 0 Å². The van der Waals surface area contributed by atoms with Gasteiger partial charge < -0.3 is 32.5 Å². The van der Waals surface area contributed by atoms with Crippen molar-refractivity contribution in [3.63, 3.8) is 0 Å². The van der Waals surface area contributed by atoms with E-state index < -0.39 is 36.0 Å².